The second-order valence-electron chi connectivity index (χ2n) is 7.04. The minimum Gasteiger partial charge on any atom is -0.377 e. The van der Waals surface area contributed by atoms with Crippen LogP contribution in [0.2, 0.25) is 0 Å². The number of fused-ring (bicyclic) bond motifs is 3. The Morgan fingerprint density at radius 3 is 2.67 bits per heavy atom. The van der Waals surface area contributed by atoms with Crippen LogP contribution in [-0.4, -0.2) is 12.9 Å². The first-order valence-corrected chi connectivity index (χ1v) is 10.0. The zero-order valence-electron chi connectivity index (χ0n) is 14.6. The summed E-state index contributed by atoms with van der Waals surface area (Å²) < 4.78 is 6.27. The van der Waals surface area contributed by atoms with Crippen molar-refractivity contribution in [3.05, 3.63) is 58.7 Å². The molecule has 0 spiro atoms. The van der Waals surface area contributed by atoms with Crippen LogP contribution in [0, 0.1) is 19.8 Å². The molecule has 2 heterocycles. The standard InChI is InChI=1S/C21H25NOS/c1-13-11-14(2)19-18(12-13)21-17(5-4-10-23-21)20(22-19)15-6-8-16(24-3)9-7-15/h6-9,11-12,17,20-22H,4-5,10H2,1-3H3/t17-,20-,21-/m0/s1. The predicted octanol–water partition coefficient (Wildman–Crippen LogP) is 5.66. The quantitative estimate of drug-likeness (QED) is 0.713. The zero-order chi connectivity index (χ0) is 16.7. The lowest BCUT2D eigenvalue weighted by atomic mass is 9.76. The Morgan fingerprint density at radius 1 is 1.12 bits per heavy atom. The van der Waals surface area contributed by atoms with Gasteiger partial charge in [0.1, 0.15) is 0 Å². The van der Waals surface area contributed by atoms with E-state index in [1.54, 1.807) is 11.8 Å². The second-order valence-corrected chi connectivity index (χ2v) is 7.92. The van der Waals surface area contributed by atoms with E-state index in [4.69, 9.17) is 4.74 Å². The van der Waals surface area contributed by atoms with Gasteiger partial charge in [0.15, 0.2) is 0 Å². The molecule has 2 aromatic rings. The Labute approximate surface area is 149 Å². The van der Waals surface area contributed by atoms with E-state index in [1.807, 2.05) is 0 Å². The fourth-order valence-electron chi connectivity index (χ4n) is 4.29. The van der Waals surface area contributed by atoms with Gasteiger partial charge >= 0.3 is 0 Å². The number of hydrogen-bond donors (Lipinski definition) is 1. The van der Waals surface area contributed by atoms with Crippen molar-refractivity contribution in [2.45, 2.75) is 43.7 Å². The van der Waals surface area contributed by atoms with Gasteiger partial charge in [-0.25, -0.2) is 0 Å². The molecule has 3 atom stereocenters. The van der Waals surface area contributed by atoms with Gasteiger partial charge in [-0.05, 0) is 56.2 Å². The van der Waals surface area contributed by atoms with Gasteiger partial charge in [-0.3, -0.25) is 0 Å². The molecule has 1 saturated heterocycles. The summed E-state index contributed by atoms with van der Waals surface area (Å²) >= 11 is 1.79. The number of hydrogen-bond acceptors (Lipinski definition) is 3. The highest BCUT2D eigenvalue weighted by atomic mass is 32.2. The summed E-state index contributed by atoms with van der Waals surface area (Å²) in [7, 11) is 0. The van der Waals surface area contributed by atoms with Crippen molar-refractivity contribution in [1.82, 2.24) is 0 Å². The Kier molecular flexibility index (Phi) is 4.31. The molecule has 24 heavy (non-hydrogen) atoms. The molecule has 0 bridgehead atoms. The van der Waals surface area contributed by atoms with Crippen molar-refractivity contribution < 1.29 is 4.74 Å². The third kappa shape index (κ3) is 2.74. The second kappa shape index (κ2) is 6.45. The van der Waals surface area contributed by atoms with E-state index in [2.05, 4.69) is 61.8 Å². The number of anilines is 1. The molecular formula is C21H25NOS. The molecule has 1 N–H and O–H groups in total. The molecular weight excluding hydrogens is 314 g/mol. The van der Waals surface area contributed by atoms with Gasteiger partial charge in [-0.15, -0.1) is 11.8 Å². The van der Waals surface area contributed by atoms with E-state index in [-0.39, 0.29) is 6.10 Å². The third-order valence-corrected chi connectivity index (χ3v) is 6.13. The SMILES string of the molecule is CSc1ccc([C@@H]2Nc3c(C)cc(C)cc3[C@H]3OCCC[C@H]32)cc1. The van der Waals surface area contributed by atoms with Crippen molar-refractivity contribution in [3.8, 4) is 0 Å². The maximum absolute atomic E-state index is 6.27. The van der Waals surface area contributed by atoms with Crippen LogP contribution >= 0.6 is 11.8 Å². The van der Waals surface area contributed by atoms with Crippen LogP contribution in [0.4, 0.5) is 5.69 Å². The molecule has 0 aromatic heterocycles. The predicted molar refractivity (Wildman–Crippen MR) is 102 cm³/mol. The lowest BCUT2D eigenvalue weighted by molar-refractivity contribution is -0.0382. The Bertz CT molecular complexity index is 740. The van der Waals surface area contributed by atoms with Gasteiger partial charge in [0.05, 0.1) is 12.1 Å². The van der Waals surface area contributed by atoms with Gasteiger partial charge in [0.2, 0.25) is 0 Å². The van der Waals surface area contributed by atoms with E-state index >= 15 is 0 Å². The fourth-order valence-corrected chi connectivity index (χ4v) is 4.70. The lowest BCUT2D eigenvalue weighted by Gasteiger charge is -2.44. The van der Waals surface area contributed by atoms with Gasteiger partial charge < -0.3 is 10.1 Å². The van der Waals surface area contributed by atoms with Crippen LogP contribution in [0.5, 0.6) is 0 Å². The highest BCUT2D eigenvalue weighted by molar-refractivity contribution is 7.98. The van der Waals surface area contributed by atoms with E-state index in [9.17, 15) is 0 Å². The average Bonchev–Trinajstić information content (AvgIpc) is 2.61. The van der Waals surface area contributed by atoms with Crippen LogP contribution in [0.25, 0.3) is 0 Å². The molecule has 2 aromatic carbocycles. The molecule has 0 amide bonds. The van der Waals surface area contributed by atoms with E-state index in [1.165, 1.54) is 39.3 Å². The average molecular weight is 340 g/mol. The number of aryl methyl sites for hydroxylation is 2. The van der Waals surface area contributed by atoms with Crippen molar-refractivity contribution in [1.29, 1.82) is 0 Å². The van der Waals surface area contributed by atoms with Gasteiger partial charge in [0.25, 0.3) is 0 Å². The number of benzene rings is 2. The summed E-state index contributed by atoms with van der Waals surface area (Å²) in [5, 5.41) is 3.86. The van der Waals surface area contributed by atoms with Crippen molar-refractivity contribution in [2.75, 3.05) is 18.2 Å². The summed E-state index contributed by atoms with van der Waals surface area (Å²) in [6.07, 6.45) is 4.72. The molecule has 3 heteroatoms. The van der Waals surface area contributed by atoms with E-state index in [0.717, 1.165) is 13.0 Å². The fraction of sp³-hybridized carbons (Fsp3) is 0.429. The molecule has 1 fully saturated rings. The largest absolute Gasteiger partial charge is 0.377 e. The van der Waals surface area contributed by atoms with Gasteiger partial charge in [0, 0.05) is 28.7 Å². The first kappa shape index (κ1) is 16.0. The maximum atomic E-state index is 6.27. The molecule has 2 aliphatic heterocycles. The van der Waals surface area contributed by atoms with Crippen molar-refractivity contribution >= 4 is 17.4 Å². The summed E-state index contributed by atoms with van der Waals surface area (Å²) in [5.74, 6) is 0.507. The number of rotatable bonds is 2. The van der Waals surface area contributed by atoms with E-state index in [0.29, 0.717) is 12.0 Å². The van der Waals surface area contributed by atoms with Gasteiger partial charge in [-0.1, -0.05) is 29.8 Å². The Balaban J connectivity index is 1.77. The van der Waals surface area contributed by atoms with Crippen LogP contribution in [0.1, 0.15) is 47.2 Å². The first-order valence-electron chi connectivity index (χ1n) is 8.80. The maximum Gasteiger partial charge on any atom is 0.0896 e. The van der Waals surface area contributed by atoms with Crippen LogP contribution in [0.15, 0.2) is 41.3 Å². The minimum absolute atomic E-state index is 0.221. The monoisotopic (exact) mass is 339 g/mol. The lowest BCUT2D eigenvalue weighted by Crippen LogP contribution is -2.36. The highest BCUT2D eigenvalue weighted by Gasteiger charge is 2.40. The first-order chi connectivity index (χ1) is 11.7. The smallest absolute Gasteiger partial charge is 0.0896 e. The molecule has 0 unspecified atom stereocenters. The molecule has 2 aliphatic rings. The van der Waals surface area contributed by atoms with E-state index < -0.39 is 0 Å². The Morgan fingerprint density at radius 2 is 1.92 bits per heavy atom. The summed E-state index contributed by atoms with van der Waals surface area (Å²) in [6, 6.07) is 13.9. The summed E-state index contributed by atoms with van der Waals surface area (Å²) in [6.45, 7) is 5.26. The molecule has 4 rings (SSSR count). The normalized spacial score (nSPS) is 25.5. The Hall–Kier alpha value is -1.45. The highest BCUT2D eigenvalue weighted by Crippen LogP contribution is 2.50. The molecule has 126 valence electrons. The van der Waals surface area contributed by atoms with Crippen LogP contribution in [-0.2, 0) is 4.74 Å². The topological polar surface area (TPSA) is 21.3 Å². The number of ether oxygens (including phenoxy) is 1. The summed E-state index contributed by atoms with van der Waals surface area (Å²) in [5.41, 5.74) is 6.66. The molecule has 0 saturated carbocycles. The summed E-state index contributed by atoms with van der Waals surface area (Å²) in [4.78, 5) is 1.32. The molecule has 0 radical (unpaired) electrons. The number of nitrogens with one attached hydrogen (secondary N) is 1. The van der Waals surface area contributed by atoms with Crippen molar-refractivity contribution in [2.24, 2.45) is 5.92 Å². The molecule has 2 nitrogen and oxygen atoms in total. The van der Waals surface area contributed by atoms with Crippen molar-refractivity contribution in [3.63, 3.8) is 0 Å². The number of thioether (sulfide) groups is 1. The zero-order valence-corrected chi connectivity index (χ0v) is 15.5. The third-order valence-electron chi connectivity index (χ3n) is 5.39. The van der Waals surface area contributed by atoms with Crippen LogP contribution in [0.3, 0.4) is 0 Å². The molecule has 0 aliphatic carbocycles. The van der Waals surface area contributed by atoms with Gasteiger partial charge in [-0.2, -0.15) is 0 Å². The van der Waals surface area contributed by atoms with Crippen LogP contribution < -0.4 is 5.32 Å². The minimum atomic E-state index is 0.221.